The molecule has 0 aliphatic rings. The maximum absolute atomic E-state index is 11.5. The minimum absolute atomic E-state index is 0.0160. The van der Waals surface area contributed by atoms with Gasteiger partial charge in [-0.05, 0) is 50.2 Å². The maximum Gasteiger partial charge on any atom is 0.335 e. The van der Waals surface area contributed by atoms with Gasteiger partial charge in [-0.3, -0.25) is 0 Å². The van der Waals surface area contributed by atoms with Crippen LogP contribution < -0.4 is 16.4 Å². The highest BCUT2D eigenvalue weighted by molar-refractivity contribution is 5.96. The number of hydrogen-bond acceptors (Lipinski definition) is 11. The Hall–Kier alpha value is -6.06. The average molecular weight is 548 g/mol. The highest BCUT2D eigenvalue weighted by Gasteiger charge is 2.18. The van der Waals surface area contributed by atoms with Crippen LogP contribution in [0.3, 0.4) is 0 Å². The number of nitrogen functional groups attached to an aromatic ring is 1. The molecule has 4 aromatic rings. The molecule has 16 nitrogen and oxygen atoms in total. The molecule has 16 heteroatoms. The normalized spacial score (nSPS) is 10.7. The third-order valence-corrected chi connectivity index (χ3v) is 5.58. The molecule has 0 saturated heterocycles. The molecule has 2 heterocycles. The third kappa shape index (κ3) is 5.59. The van der Waals surface area contributed by atoms with Crippen LogP contribution in [0.2, 0.25) is 0 Å². The predicted octanol–water partition coefficient (Wildman–Crippen LogP) is 2.54. The summed E-state index contributed by atoms with van der Waals surface area (Å²) in [5.74, 6) is -5.80. The van der Waals surface area contributed by atoms with Crippen molar-refractivity contribution in [3.63, 3.8) is 0 Å². The first kappa shape index (κ1) is 27.0. The van der Waals surface area contributed by atoms with E-state index in [0.717, 1.165) is 36.4 Å². The monoisotopic (exact) mass is 548 g/mol. The Morgan fingerprint density at radius 1 is 0.675 bits per heavy atom. The van der Waals surface area contributed by atoms with E-state index in [4.69, 9.17) is 5.73 Å². The molecule has 4 rings (SSSR count). The van der Waals surface area contributed by atoms with Crippen LogP contribution in [0.15, 0.2) is 36.4 Å². The van der Waals surface area contributed by atoms with Gasteiger partial charge in [0.05, 0.1) is 27.9 Å². The van der Waals surface area contributed by atoms with Gasteiger partial charge in [0.2, 0.25) is 11.9 Å². The van der Waals surface area contributed by atoms with Crippen LogP contribution in [0.4, 0.5) is 29.1 Å². The number of benzene rings is 2. The van der Waals surface area contributed by atoms with Crippen molar-refractivity contribution in [2.24, 2.45) is 0 Å². The number of aryl methyl sites for hydroxylation is 1. The molecule has 0 fully saturated rings. The Morgan fingerprint density at radius 2 is 1.05 bits per heavy atom. The largest absolute Gasteiger partial charge is 0.478 e. The van der Waals surface area contributed by atoms with Gasteiger partial charge in [0, 0.05) is 16.9 Å². The zero-order chi connectivity index (χ0) is 29.3. The molecule has 40 heavy (non-hydrogen) atoms. The van der Waals surface area contributed by atoms with Gasteiger partial charge < -0.3 is 36.8 Å². The topological polar surface area (TPSA) is 256 Å². The minimum atomic E-state index is -1.37. The Kier molecular flexibility index (Phi) is 6.99. The Labute approximate surface area is 223 Å². The Morgan fingerprint density at radius 3 is 1.35 bits per heavy atom. The number of aromatic carboxylic acids is 4. The first-order valence-electron chi connectivity index (χ1n) is 11.2. The number of carbonyl (C=O) groups is 4. The van der Waals surface area contributed by atoms with E-state index in [1.165, 1.54) is 4.68 Å². The van der Waals surface area contributed by atoms with Crippen molar-refractivity contribution in [1.82, 2.24) is 24.7 Å². The van der Waals surface area contributed by atoms with E-state index in [9.17, 15) is 39.6 Å². The van der Waals surface area contributed by atoms with Gasteiger partial charge in [-0.15, -0.1) is 0 Å². The molecule has 8 N–H and O–H groups in total. The fourth-order valence-electron chi connectivity index (χ4n) is 3.50. The lowest BCUT2D eigenvalue weighted by atomic mass is 10.1. The number of nitrogens with zero attached hydrogens (tertiary/aromatic N) is 5. The summed E-state index contributed by atoms with van der Waals surface area (Å²) in [5.41, 5.74) is 6.14. The van der Waals surface area contributed by atoms with Crippen LogP contribution in [0.1, 0.15) is 52.7 Å². The summed E-state index contributed by atoms with van der Waals surface area (Å²) in [5, 5.41) is 47.3. The average Bonchev–Trinajstić information content (AvgIpc) is 3.15. The van der Waals surface area contributed by atoms with Gasteiger partial charge in [-0.25, -0.2) is 19.2 Å². The predicted molar refractivity (Wildman–Crippen MR) is 138 cm³/mol. The van der Waals surface area contributed by atoms with Crippen LogP contribution in [0.5, 0.6) is 0 Å². The fraction of sp³-hybridized carbons (Fsp3) is 0.0833. The molecular weight excluding hydrogens is 528 g/mol. The molecule has 0 amide bonds. The highest BCUT2D eigenvalue weighted by atomic mass is 16.4. The molecule has 0 bridgehead atoms. The number of aromatic nitrogens is 5. The molecule has 2 aromatic heterocycles. The van der Waals surface area contributed by atoms with Crippen molar-refractivity contribution in [2.45, 2.75) is 13.8 Å². The molecule has 2 aromatic carbocycles. The molecule has 0 saturated carbocycles. The maximum atomic E-state index is 11.5. The summed E-state index contributed by atoms with van der Waals surface area (Å²) in [7, 11) is 0. The minimum Gasteiger partial charge on any atom is -0.478 e. The van der Waals surface area contributed by atoms with Crippen LogP contribution >= 0.6 is 0 Å². The van der Waals surface area contributed by atoms with E-state index in [0.29, 0.717) is 11.3 Å². The molecule has 0 aliphatic carbocycles. The van der Waals surface area contributed by atoms with Gasteiger partial charge in [0.15, 0.2) is 0 Å². The van der Waals surface area contributed by atoms with E-state index in [1.807, 2.05) is 0 Å². The number of carboxylic acids is 4. The van der Waals surface area contributed by atoms with E-state index >= 15 is 0 Å². The molecule has 0 unspecified atom stereocenters. The van der Waals surface area contributed by atoms with Crippen molar-refractivity contribution in [3.8, 4) is 5.95 Å². The van der Waals surface area contributed by atoms with Gasteiger partial charge in [0.1, 0.15) is 5.82 Å². The summed E-state index contributed by atoms with van der Waals surface area (Å²) in [6, 6.07) is 6.61. The summed E-state index contributed by atoms with van der Waals surface area (Å²) >= 11 is 0. The number of rotatable bonds is 9. The van der Waals surface area contributed by atoms with E-state index < -0.39 is 23.9 Å². The number of anilines is 5. The summed E-state index contributed by atoms with van der Waals surface area (Å²) in [6.07, 6.45) is 0. The Bertz CT molecular complexity index is 1560. The molecular formula is C24H20N8O8. The van der Waals surface area contributed by atoms with Gasteiger partial charge in [-0.1, -0.05) is 0 Å². The summed E-state index contributed by atoms with van der Waals surface area (Å²) in [6.45, 7) is 3.43. The van der Waals surface area contributed by atoms with E-state index in [-0.39, 0.29) is 57.3 Å². The van der Waals surface area contributed by atoms with E-state index in [2.05, 4.69) is 30.7 Å². The molecule has 0 spiro atoms. The Balaban J connectivity index is 1.85. The number of nitrogens with one attached hydrogen (secondary N) is 2. The smallest absolute Gasteiger partial charge is 0.335 e. The van der Waals surface area contributed by atoms with Crippen LogP contribution in [-0.2, 0) is 0 Å². The third-order valence-electron chi connectivity index (χ3n) is 5.58. The fourth-order valence-corrected chi connectivity index (χ4v) is 3.50. The first-order valence-corrected chi connectivity index (χ1v) is 11.2. The van der Waals surface area contributed by atoms with Gasteiger partial charge in [-0.2, -0.15) is 24.7 Å². The zero-order valence-corrected chi connectivity index (χ0v) is 20.7. The number of nitrogens with two attached hydrogens (primary N) is 1. The molecule has 0 radical (unpaired) electrons. The summed E-state index contributed by atoms with van der Waals surface area (Å²) in [4.78, 5) is 58.8. The second kappa shape index (κ2) is 10.4. The lowest BCUT2D eigenvalue weighted by molar-refractivity contribution is 0.0676. The van der Waals surface area contributed by atoms with Crippen molar-refractivity contribution in [3.05, 3.63) is 69.9 Å². The van der Waals surface area contributed by atoms with Crippen molar-refractivity contribution in [1.29, 1.82) is 0 Å². The van der Waals surface area contributed by atoms with Crippen LogP contribution in [0.25, 0.3) is 5.95 Å². The first-order chi connectivity index (χ1) is 18.8. The molecule has 0 aliphatic heterocycles. The SMILES string of the molecule is Cc1nn(-c2nc(Nc3cc(C(=O)O)cc(C(=O)O)c3)nc(Nc3cc(C(=O)O)cc(C(=O)O)c3)n2)c(N)c1C. The van der Waals surface area contributed by atoms with Crippen LogP contribution in [-0.4, -0.2) is 69.0 Å². The highest BCUT2D eigenvalue weighted by Crippen LogP contribution is 2.24. The molecule has 0 atom stereocenters. The van der Waals surface area contributed by atoms with Crippen molar-refractivity contribution < 1.29 is 39.6 Å². The number of hydrogen-bond donors (Lipinski definition) is 7. The molecule has 204 valence electrons. The van der Waals surface area contributed by atoms with Crippen molar-refractivity contribution in [2.75, 3.05) is 16.4 Å². The quantitative estimate of drug-likeness (QED) is 0.158. The van der Waals surface area contributed by atoms with Crippen LogP contribution in [0, 0.1) is 13.8 Å². The lowest BCUT2D eigenvalue weighted by Gasteiger charge is -2.12. The summed E-state index contributed by atoms with van der Waals surface area (Å²) < 4.78 is 1.20. The second-order valence-corrected chi connectivity index (χ2v) is 8.36. The standard InChI is InChI=1S/C24H20N8O8/c1-9-10(2)31-32(17(9)25)24-29-22(26-15-5-11(18(33)34)3-12(6-15)19(35)36)28-23(30-24)27-16-7-13(20(37)38)4-14(8-16)21(39)40/h3-8H,25H2,1-2H3,(H,33,34)(H,35,36)(H,37,38)(H,39,40)(H2,26,27,28,29,30). The lowest BCUT2D eigenvalue weighted by Crippen LogP contribution is -2.13. The number of carboxylic acid groups (broad SMARTS) is 4. The zero-order valence-electron chi connectivity index (χ0n) is 20.7. The second-order valence-electron chi connectivity index (χ2n) is 8.36. The van der Waals surface area contributed by atoms with Gasteiger partial charge in [0.25, 0.3) is 5.95 Å². The van der Waals surface area contributed by atoms with Crippen molar-refractivity contribution >= 4 is 53.0 Å². The van der Waals surface area contributed by atoms with Gasteiger partial charge >= 0.3 is 23.9 Å². The van der Waals surface area contributed by atoms with E-state index in [1.54, 1.807) is 13.8 Å².